The maximum Gasteiger partial charge on any atom is 0.289 e. The summed E-state index contributed by atoms with van der Waals surface area (Å²) in [6, 6.07) is 6.52. The molecule has 3 aromatic rings. The van der Waals surface area contributed by atoms with Gasteiger partial charge in [-0.25, -0.2) is 5.43 Å². The number of hydrogen-bond acceptors (Lipinski definition) is 12. The number of aromatic nitrogens is 2. The van der Waals surface area contributed by atoms with E-state index in [-0.39, 0.29) is 28.1 Å². The number of hydrogen-bond donors (Lipinski definition) is 4. The molecule has 174 valence electrons. The lowest BCUT2D eigenvalue weighted by atomic mass is 10.1. The van der Waals surface area contributed by atoms with Gasteiger partial charge in [-0.3, -0.25) is 35.1 Å². The predicted octanol–water partition coefficient (Wildman–Crippen LogP) is 1.71. The minimum atomic E-state index is -0.935. The highest BCUT2D eigenvalue weighted by Crippen LogP contribution is 2.26. The first-order valence-corrected chi connectivity index (χ1v) is 9.86. The number of phenolic OH excluding ortho intramolecular Hbond substituents is 2. The van der Waals surface area contributed by atoms with Crippen LogP contribution in [0.2, 0.25) is 0 Å². The van der Waals surface area contributed by atoms with Crippen LogP contribution in [0.4, 0.5) is 16.5 Å². The fourth-order valence-electron chi connectivity index (χ4n) is 2.49. The molecule has 3 rings (SSSR count). The van der Waals surface area contributed by atoms with Crippen molar-refractivity contribution in [1.29, 1.82) is 0 Å². The Morgan fingerprint density at radius 2 is 1.82 bits per heavy atom. The number of phenols is 2. The van der Waals surface area contributed by atoms with Gasteiger partial charge in [-0.1, -0.05) is 11.3 Å². The summed E-state index contributed by atoms with van der Waals surface area (Å²) in [5.74, 6) is -2.16. The number of amides is 2. The number of nitro benzene ring substituents is 2. The fraction of sp³-hybridized carbons (Fsp3) is 0.0556. The third kappa shape index (κ3) is 5.82. The molecule has 0 radical (unpaired) electrons. The van der Waals surface area contributed by atoms with Gasteiger partial charge in [-0.05, 0) is 29.8 Å². The molecule has 0 saturated heterocycles. The van der Waals surface area contributed by atoms with Crippen LogP contribution in [0, 0.1) is 20.2 Å². The highest BCUT2D eigenvalue weighted by molar-refractivity contribution is 7.15. The van der Waals surface area contributed by atoms with E-state index >= 15 is 0 Å². The van der Waals surface area contributed by atoms with Gasteiger partial charge in [0.2, 0.25) is 11.0 Å². The predicted molar refractivity (Wildman–Crippen MR) is 117 cm³/mol. The van der Waals surface area contributed by atoms with Crippen LogP contribution >= 0.6 is 11.3 Å². The average molecular weight is 487 g/mol. The average Bonchev–Trinajstić information content (AvgIpc) is 3.22. The smallest absolute Gasteiger partial charge is 0.289 e. The Balaban J connectivity index is 1.61. The molecular weight excluding hydrogens is 474 g/mol. The molecule has 15 nitrogen and oxygen atoms in total. The van der Waals surface area contributed by atoms with Crippen LogP contribution in [0.15, 0.2) is 41.5 Å². The first-order valence-electron chi connectivity index (χ1n) is 9.04. The van der Waals surface area contributed by atoms with Gasteiger partial charge < -0.3 is 10.2 Å². The minimum Gasteiger partial charge on any atom is -0.504 e. The lowest BCUT2D eigenvalue weighted by molar-refractivity contribution is -0.394. The largest absolute Gasteiger partial charge is 0.504 e. The molecule has 16 heteroatoms. The summed E-state index contributed by atoms with van der Waals surface area (Å²) in [6.45, 7) is 0. The molecule has 2 aromatic carbocycles. The van der Waals surface area contributed by atoms with Crippen molar-refractivity contribution in [2.24, 2.45) is 5.10 Å². The molecule has 1 heterocycles. The lowest BCUT2D eigenvalue weighted by Crippen LogP contribution is -2.19. The monoisotopic (exact) mass is 487 g/mol. The second kappa shape index (κ2) is 10.1. The van der Waals surface area contributed by atoms with Crippen molar-refractivity contribution < 1.29 is 29.6 Å². The van der Waals surface area contributed by atoms with Gasteiger partial charge in [0.25, 0.3) is 17.3 Å². The molecule has 0 bridgehead atoms. The van der Waals surface area contributed by atoms with Crippen molar-refractivity contribution in [2.75, 3.05) is 5.32 Å². The maximum atomic E-state index is 12.4. The second-order valence-electron chi connectivity index (χ2n) is 6.39. The molecule has 0 unspecified atom stereocenters. The van der Waals surface area contributed by atoms with E-state index in [0.717, 1.165) is 23.5 Å². The maximum absolute atomic E-state index is 12.4. The van der Waals surface area contributed by atoms with Crippen molar-refractivity contribution in [2.45, 2.75) is 6.42 Å². The van der Waals surface area contributed by atoms with Crippen LogP contribution in [-0.2, 0) is 11.2 Å². The summed E-state index contributed by atoms with van der Waals surface area (Å²) in [5, 5.41) is 54.2. The highest BCUT2D eigenvalue weighted by atomic mass is 32.1. The number of anilines is 1. The zero-order chi connectivity index (χ0) is 24.8. The van der Waals surface area contributed by atoms with Crippen LogP contribution in [0.25, 0.3) is 0 Å². The number of benzene rings is 2. The van der Waals surface area contributed by atoms with Gasteiger partial charge >= 0.3 is 0 Å². The molecule has 4 N–H and O–H groups in total. The van der Waals surface area contributed by atoms with E-state index in [4.69, 9.17) is 0 Å². The third-order valence-electron chi connectivity index (χ3n) is 4.03. The molecule has 0 aliphatic heterocycles. The number of nitro groups is 2. The van der Waals surface area contributed by atoms with Gasteiger partial charge in [-0.2, -0.15) is 5.10 Å². The van der Waals surface area contributed by atoms with E-state index in [2.05, 4.69) is 26.0 Å². The Bertz CT molecular complexity index is 1320. The summed E-state index contributed by atoms with van der Waals surface area (Å²) in [5.41, 5.74) is 0.930. The van der Waals surface area contributed by atoms with E-state index in [1.807, 2.05) is 0 Å². The molecule has 0 aliphatic carbocycles. The summed E-state index contributed by atoms with van der Waals surface area (Å²) in [7, 11) is 0. The van der Waals surface area contributed by atoms with Crippen LogP contribution < -0.4 is 10.7 Å². The zero-order valence-electron chi connectivity index (χ0n) is 16.7. The Morgan fingerprint density at radius 3 is 2.50 bits per heavy atom. The van der Waals surface area contributed by atoms with Crippen molar-refractivity contribution in [3.63, 3.8) is 0 Å². The number of aromatic hydroxyl groups is 2. The number of nitrogens with zero attached hydrogens (tertiary/aromatic N) is 5. The first kappa shape index (κ1) is 23.7. The van der Waals surface area contributed by atoms with Gasteiger partial charge in [0.1, 0.15) is 10.6 Å². The van der Waals surface area contributed by atoms with Crippen LogP contribution in [-0.4, -0.2) is 48.3 Å². The summed E-state index contributed by atoms with van der Waals surface area (Å²) in [6.07, 6.45) is 0.989. The first-order chi connectivity index (χ1) is 16.1. The van der Waals surface area contributed by atoms with Gasteiger partial charge in [0.05, 0.1) is 28.5 Å². The second-order valence-corrected chi connectivity index (χ2v) is 7.45. The van der Waals surface area contributed by atoms with Crippen LogP contribution in [0.5, 0.6) is 11.5 Å². The minimum absolute atomic E-state index is 0.0523. The number of non-ortho nitro benzene ring substituents is 1. The summed E-state index contributed by atoms with van der Waals surface area (Å²) < 4.78 is 0. The normalized spacial score (nSPS) is 10.7. The van der Waals surface area contributed by atoms with Crippen molar-refractivity contribution in [1.82, 2.24) is 15.6 Å². The van der Waals surface area contributed by atoms with E-state index in [9.17, 15) is 40.0 Å². The van der Waals surface area contributed by atoms with Crippen molar-refractivity contribution in [3.8, 4) is 11.5 Å². The number of nitrogens with one attached hydrogen (secondary N) is 2. The Hall–Kier alpha value is -4.99. The molecule has 2 amide bonds. The van der Waals surface area contributed by atoms with Crippen LogP contribution in [0.1, 0.15) is 20.9 Å². The molecule has 0 spiro atoms. The van der Waals surface area contributed by atoms with E-state index in [0.29, 0.717) is 11.6 Å². The van der Waals surface area contributed by atoms with Crippen LogP contribution in [0.3, 0.4) is 0 Å². The molecule has 0 aliphatic rings. The fourth-order valence-corrected chi connectivity index (χ4v) is 3.23. The molecule has 0 fully saturated rings. The lowest BCUT2D eigenvalue weighted by Gasteiger charge is -2.02. The van der Waals surface area contributed by atoms with Gasteiger partial charge in [0, 0.05) is 6.07 Å². The van der Waals surface area contributed by atoms with Gasteiger partial charge in [-0.15, -0.1) is 10.2 Å². The molecule has 0 atom stereocenters. The molecule has 1 aromatic heterocycles. The molecule has 34 heavy (non-hydrogen) atoms. The SMILES string of the molecule is O=C(Cc1nnc(NC(=O)c2ccc([N+](=O)[O-])cc2[N+](=O)[O-])s1)N/N=C\c1ccc(O)c(O)c1. The number of hydrazone groups is 1. The summed E-state index contributed by atoms with van der Waals surface area (Å²) >= 11 is 0.834. The number of carbonyl (C=O) groups excluding carboxylic acids is 2. The third-order valence-corrected chi connectivity index (χ3v) is 4.87. The Labute approximate surface area is 192 Å². The standard InChI is InChI=1S/C18H13N7O8S/c26-13-4-1-9(5-14(13)27)8-19-21-15(28)7-16-22-23-18(34-16)20-17(29)11-3-2-10(24(30)31)6-12(11)25(32)33/h1-6,8,26-27H,7H2,(H,21,28)(H,20,23,29)/b19-8-. The zero-order valence-corrected chi connectivity index (χ0v) is 17.6. The summed E-state index contributed by atoms with van der Waals surface area (Å²) in [4.78, 5) is 44.6. The molecular formula is C18H13N7O8S. The number of rotatable bonds is 8. The highest BCUT2D eigenvalue weighted by Gasteiger charge is 2.25. The quantitative estimate of drug-likeness (QED) is 0.156. The Kier molecular flexibility index (Phi) is 7.02. The van der Waals surface area contributed by atoms with E-state index in [1.54, 1.807) is 0 Å². The topological polar surface area (TPSA) is 223 Å². The van der Waals surface area contributed by atoms with E-state index < -0.39 is 38.6 Å². The van der Waals surface area contributed by atoms with E-state index in [1.165, 1.54) is 24.4 Å². The Morgan fingerprint density at radius 1 is 1.06 bits per heavy atom. The number of carbonyl (C=O) groups is 2. The van der Waals surface area contributed by atoms with Crippen molar-refractivity contribution >= 4 is 45.9 Å². The van der Waals surface area contributed by atoms with Crippen molar-refractivity contribution in [3.05, 3.63) is 72.8 Å². The molecule has 0 saturated carbocycles. The van der Waals surface area contributed by atoms with Gasteiger partial charge in [0.15, 0.2) is 11.5 Å².